The molecule has 0 amide bonds. The van der Waals surface area contributed by atoms with Crippen LogP contribution in [0, 0.1) is 0 Å². The summed E-state index contributed by atoms with van der Waals surface area (Å²) < 4.78 is 5.42. The molecule has 106 valence electrons. The molecule has 22 heavy (non-hydrogen) atoms. The van der Waals surface area contributed by atoms with Crippen molar-refractivity contribution in [1.29, 1.82) is 0 Å². The zero-order chi connectivity index (χ0) is 14.9. The van der Waals surface area contributed by atoms with Gasteiger partial charge in [-0.1, -0.05) is 65.8 Å². The van der Waals surface area contributed by atoms with Crippen LogP contribution in [-0.4, -0.2) is 10.3 Å². The van der Waals surface area contributed by atoms with Crippen molar-refractivity contribution in [3.05, 3.63) is 72.8 Å². The van der Waals surface area contributed by atoms with Crippen LogP contribution in [0.25, 0.3) is 33.4 Å². The molecule has 1 N–H and O–H groups in total. The predicted octanol–water partition coefficient (Wildman–Crippen LogP) is 4.87. The zero-order valence-electron chi connectivity index (χ0n) is 11.7. The van der Waals surface area contributed by atoms with E-state index in [9.17, 15) is 5.11 Å². The predicted molar refractivity (Wildman–Crippen MR) is 86.5 cm³/mol. The molecule has 0 bridgehead atoms. The molecule has 3 aromatic carbocycles. The van der Waals surface area contributed by atoms with E-state index in [2.05, 4.69) is 5.16 Å². The first-order valence-corrected chi connectivity index (χ1v) is 7.06. The lowest BCUT2D eigenvalue weighted by Crippen LogP contribution is -1.79. The average Bonchev–Trinajstić information content (AvgIpc) is 3.06. The lowest BCUT2D eigenvalue weighted by Gasteiger charge is -2.04. The van der Waals surface area contributed by atoms with Crippen molar-refractivity contribution in [1.82, 2.24) is 5.16 Å². The molecule has 3 heteroatoms. The summed E-state index contributed by atoms with van der Waals surface area (Å²) in [4.78, 5) is 0. The molecule has 4 rings (SSSR count). The van der Waals surface area contributed by atoms with Crippen LogP contribution < -0.4 is 0 Å². The minimum absolute atomic E-state index is 0.217. The topological polar surface area (TPSA) is 46.3 Å². The lowest BCUT2D eigenvalue weighted by atomic mass is 10.0. The highest BCUT2D eigenvalue weighted by atomic mass is 16.5. The number of hydrogen-bond donors (Lipinski definition) is 1. The van der Waals surface area contributed by atoms with Crippen LogP contribution in [0.5, 0.6) is 5.75 Å². The molecule has 0 radical (unpaired) electrons. The van der Waals surface area contributed by atoms with Gasteiger partial charge < -0.3 is 9.63 Å². The molecule has 0 aliphatic rings. The first kappa shape index (κ1) is 12.7. The fraction of sp³-hybridized carbons (Fsp3) is 0. The Bertz CT molecular complexity index is 942. The Kier molecular flexibility index (Phi) is 2.90. The Morgan fingerprint density at radius 2 is 1.59 bits per heavy atom. The highest BCUT2D eigenvalue weighted by Crippen LogP contribution is 2.37. The molecule has 3 nitrogen and oxygen atoms in total. The summed E-state index contributed by atoms with van der Waals surface area (Å²) in [6.45, 7) is 0. The summed E-state index contributed by atoms with van der Waals surface area (Å²) in [5.41, 5.74) is 2.38. The molecule has 0 atom stereocenters. The normalized spacial score (nSPS) is 10.9. The number of phenolic OH excluding ortho intramolecular Hbond substituents is 1. The number of fused-ring (bicyclic) bond motifs is 1. The van der Waals surface area contributed by atoms with E-state index in [-0.39, 0.29) is 5.75 Å². The van der Waals surface area contributed by atoms with Crippen LogP contribution in [0.3, 0.4) is 0 Å². The van der Waals surface area contributed by atoms with Crippen molar-refractivity contribution in [2.45, 2.75) is 0 Å². The highest BCUT2D eigenvalue weighted by molar-refractivity contribution is 5.94. The van der Waals surface area contributed by atoms with E-state index in [1.54, 1.807) is 0 Å². The van der Waals surface area contributed by atoms with Gasteiger partial charge in [0, 0.05) is 17.0 Å². The summed E-state index contributed by atoms with van der Waals surface area (Å²) >= 11 is 0. The van der Waals surface area contributed by atoms with E-state index >= 15 is 0 Å². The molecule has 0 unspecified atom stereocenters. The molecule has 0 saturated carbocycles. The number of aromatic hydroxyl groups is 1. The third-order valence-electron chi connectivity index (χ3n) is 3.75. The average molecular weight is 287 g/mol. The van der Waals surface area contributed by atoms with E-state index in [1.807, 2.05) is 72.8 Å². The van der Waals surface area contributed by atoms with Gasteiger partial charge in [0.15, 0.2) is 5.76 Å². The monoisotopic (exact) mass is 287 g/mol. The number of rotatable bonds is 2. The number of aromatic nitrogens is 1. The standard InChI is InChI=1S/C19H13NO2/c21-19-15-9-5-4-6-13(15)10-11-16(19)18-12-17(20-22-18)14-7-2-1-3-8-14/h1-12,21H. The maximum Gasteiger partial charge on any atom is 0.171 e. The van der Waals surface area contributed by atoms with Crippen molar-refractivity contribution >= 4 is 10.8 Å². The van der Waals surface area contributed by atoms with Gasteiger partial charge in [0.2, 0.25) is 0 Å². The van der Waals surface area contributed by atoms with Gasteiger partial charge in [0.05, 0.1) is 5.56 Å². The van der Waals surface area contributed by atoms with Gasteiger partial charge in [-0.15, -0.1) is 0 Å². The van der Waals surface area contributed by atoms with Crippen LogP contribution in [0.2, 0.25) is 0 Å². The summed E-state index contributed by atoms with van der Waals surface area (Å²) in [5, 5.41) is 16.4. The van der Waals surface area contributed by atoms with Crippen molar-refractivity contribution < 1.29 is 9.63 Å². The number of phenols is 1. The number of benzene rings is 3. The Labute approximate surface area is 127 Å². The lowest BCUT2D eigenvalue weighted by molar-refractivity contribution is 0.429. The first-order valence-electron chi connectivity index (χ1n) is 7.06. The van der Waals surface area contributed by atoms with Crippen molar-refractivity contribution in [2.75, 3.05) is 0 Å². The van der Waals surface area contributed by atoms with Gasteiger partial charge in [-0.05, 0) is 11.5 Å². The Balaban J connectivity index is 1.83. The van der Waals surface area contributed by atoms with E-state index in [1.165, 1.54) is 0 Å². The van der Waals surface area contributed by atoms with Gasteiger partial charge in [-0.25, -0.2) is 0 Å². The number of nitrogens with zero attached hydrogens (tertiary/aromatic N) is 1. The van der Waals surface area contributed by atoms with Gasteiger partial charge in [-0.3, -0.25) is 0 Å². The zero-order valence-corrected chi connectivity index (χ0v) is 11.7. The Morgan fingerprint density at radius 3 is 2.45 bits per heavy atom. The molecule has 0 fully saturated rings. The second kappa shape index (κ2) is 5.04. The Morgan fingerprint density at radius 1 is 0.818 bits per heavy atom. The summed E-state index contributed by atoms with van der Waals surface area (Å²) in [7, 11) is 0. The molecule has 0 aliphatic carbocycles. The van der Waals surface area contributed by atoms with Gasteiger partial charge >= 0.3 is 0 Å². The second-order valence-electron chi connectivity index (χ2n) is 5.13. The van der Waals surface area contributed by atoms with Gasteiger partial charge in [-0.2, -0.15) is 0 Å². The molecular weight excluding hydrogens is 274 g/mol. The summed E-state index contributed by atoms with van der Waals surface area (Å²) in [6, 6.07) is 23.2. The molecular formula is C19H13NO2. The summed E-state index contributed by atoms with van der Waals surface area (Å²) in [6.07, 6.45) is 0. The van der Waals surface area contributed by atoms with Crippen molar-refractivity contribution in [3.8, 4) is 28.3 Å². The molecule has 0 saturated heterocycles. The molecule has 0 aliphatic heterocycles. The van der Waals surface area contributed by atoms with E-state index in [0.717, 1.165) is 22.0 Å². The van der Waals surface area contributed by atoms with Crippen molar-refractivity contribution in [3.63, 3.8) is 0 Å². The molecule has 4 aromatic rings. The van der Waals surface area contributed by atoms with E-state index < -0.39 is 0 Å². The maximum atomic E-state index is 10.5. The Hall–Kier alpha value is -3.07. The summed E-state index contributed by atoms with van der Waals surface area (Å²) in [5.74, 6) is 0.774. The van der Waals surface area contributed by atoms with Crippen LogP contribution >= 0.6 is 0 Å². The van der Waals surface area contributed by atoms with Crippen LogP contribution in [0.4, 0.5) is 0 Å². The largest absolute Gasteiger partial charge is 0.507 e. The third-order valence-corrected chi connectivity index (χ3v) is 3.75. The first-order chi connectivity index (χ1) is 10.8. The van der Waals surface area contributed by atoms with E-state index in [0.29, 0.717) is 11.3 Å². The maximum absolute atomic E-state index is 10.5. The molecule has 1 heterocycles. The van der Waals surface area contributed by atoms with Crippen LogP contribution in [0.1, 0.15) is 0 Å². The minimum atomic E-state index is 0.217. The quantitative estimate of drug-likeness (QED) is 0.572. The molecule has 0 spiro atoms. The van der Waals surface area contributed by atoms with Gasteiger partial charge in [0.25, 0.3) is 0 Å². The van der Waals surface area contributed by atoms with Crippen LogP contribution in [0.15, 0.2) is 77.3 Å². The van der Waals surface area contributed by atoms with E-state index in [4.69, 9.17) is 4.52 Å². The highest BCUT2D eigenvalue weighted by Gasteiger charge is 2.14. The smallest absolute Gasteiger partial charge is 0.171 e. The minimum Gasteiger partial charge on any atom is -0.507 e. The fourth-order valence-electron chi connectivity index (χ4n) is 2.60. The fourth-order valence-corrected chi connectivity index (χ4v) is 2.60. The molecule has 1 aromatic heterocycles. The second-order valence-corrected chi connectivity index (χ2v) is 5.13. The SMILES string of the molecule is Oc1c(-c2cc(-c3ccccc3)no2)ccc2ccccc12. The van der Waals surface area contributed by atoms with Gasteiger partial charge in [0.1, 0.15) is 11.4 Å². The van der Waals surface area contributed by atoms with Crippen LogP contribution in [-0.2, 0) is 0 Å². The van der Waals surface area contributed by atoms with Crippen molar-refractivity contribution in [2.24, 2.45) is 0 Å². The number of hydrogen-bond acceptors (Lipinski definition) is 3. The third kappa shape index (κ3) is 2.04.